The summed E-state index contributed by atoms with van der Waals surface area (Å²) in [6.45, 7) is 0.469. The molecule has 0 saturated heterocycles. The van der Waals surface area contributed by atoms with Crippen molar-refractivity contribution >= 4 is 38.1 Å². The van der Waals surface area contributed by atoms with Gasteiger partial charge in [-0.05, 0) is 11.6 Å². The predicted molar refractivity (Wildman–Crippen MR) is 72.3 cm³/mol. The van der Waals surface area contributed by atoms with Crippen LogP contribution in [0.3, 0.4) is 0 Å². The Labute approximate surface area is 114 Å². The van der Waals surface area contributed by atoms with E-state index < -0.39 is 10.0 Å². The second kappa shape index (κ2) is 5.23. The van der Waals surface area contributed by atoms with E-state index >= 15 is 0 Å². The van der Waals surface area contributed by atoms with Crippen molar-refractivity contribution in [3.63, 3.8) is 0 Å². The van der Waals surface area contributed by atoms with Crippen LogP contribution < -0.4 is 10.5 Å². The van der Waals surface area contributed by atoms with Gasteiger partial charge < -0.3 is 5.32 Å². The molecule has 0 unspecified atom stereocenters. The first-order valence-corrected chi connectivity index (χ1v) is 7.67. The maximum atomic E-state index is 11.1. The molecule has 8 heteroatoms. The monoisotopic (exact) mass is 303 g/mol. The standard InChI is InChI=1S/C10H10ClN3O2S2/c11-8-4-2-1-3-7(8)5-13-10-14-6-9(17-10)18(12,15)16/h1-4,6H,5H2,(H,13,14)(H2,12,15,16). The van der Waals surface area contributed by atoms with Gasteiger partial charge in [0.2, 0.25) is 10.0 Å². The smallest absolute Gasteiger partial charge is 0.249 e. The van der Waals surface area contributed by atoms with Gasteiger partial charge in [0.25, 0.3) is 0 Å². The van der Waals surface area contributed by atoms with Crippen LogP contribution in [0.1, 0.15) is 5.56 Å². The number of thiazole rings is 1. The first-order valence-electron chi connectivity index (χ1n) is 4.93. The molecule has 1 heterocycles. The summed E-state index contributed by atoms with van der Waals surface area (Å²) in [6.07, 6.45) is 1.23. The number of hydrogen-bond donors (Lipinski definition) is 2. The Kier molecular flexibility index (Phi) is 3.86. The van der Waals surface area contributed by atoms with Crippen molar-refractivity contribution in [1.29, 1.82) is 0 Å². The van der Waals surface area contributed by atoms with E-state index in [0.717, 1.165) is 16.9 Å². The van der Waals surface area contributed by atoms with Crippen LogP contribution in [0.15, 0.2) is 34.7 Å². The Bertz CT molecular complexity index is 655. The summed E-state index contributed by atoms with van der Waals surface area (Å²) in [5.74, 6) is 0. The topological polar surface area (TPSA) is 85.1 Å². The molecule has 0 bridgehead atoms. The van der Waals surface area contributed by atoms with Crippen LogP contribution in [0, 0.1) is 0 Å². The summed E-state index contributed by atoms with van der Waals surface area (Å²) in [5.41, 5.74) is 0.909. The second-order valence-electron chi connectivity index (χ2n) is 3.47. The lowest BCUT2D eigenvalue weighted by molar-refractivity contribution is 0.599. The number of halogens is 1. The fourth-order valence-electron chi connectivity index (χ4n) is 1.29. The average molecular weight is 304 g/mol. The number of anilines is 1. The van der Waals surface area contributed by atoms with Crippen LogP contribution >= 0.6 is 22.9 Å². The van der Waals surface area contributed by atoms with Gasteiger partial charge in [-0.25, -0.2) is 18.5 Å². The Hall–Kier alpha value is -1.15. The molecule has 2 rings (SSSR count). The van der Waals surface area contributed by atoms with E-state index in [4.69, 9.17) is 16.7 Å². The molecule has 96 valence electrons. The van der Waals surface area contributed by atoms with Crippen LogP contribution in [0.5, 0.6) is 0 Å². The third kappa shape index (κ3) is 3.20. The molecule has 0 atom stereocenters. The molecule has 2 aromatic rings. The van der Waals surface area contributed by atoms with Crippen molar-refractivity contribution in [3.05, 3.63) is 41.0 Å². The molecule has 0 amide bonds. The molecule has 0 saturated carbocycles. The van der Waals surface area contributed by atoms with E-state index in [1.807, 2.05) is 18.2 Å². The number of primary sulfonamides is 1. The summed E-state index contributed by atoms with van der Waals surface area (Å²) < 4.78 is 22.2. The van der Waals surface area contributed by atoms with Gasteiger partial charge in [-0.2, -0.15) is 0 Å². The summed E-state index contributed by atoms with van der Waals surface area (Å²) in [5, 5.41) is 9.12. The van der Waals surface area contributed by atoms with Gasteiger partial charge in [-0.15, -0.1) is 0 Å². The normalized spacial score (nSPS) is 11.4. The highest BCUT2D eigenvalue weighted by atomic mass is 35.5. The molecule has 0 aliphatic rings. The summed E-state index contributed by atoms with van der Waals surface area (Å²) in [7, 11) is -3.68. The molecule has 0 radical (unpaired) electrons. The fourth-order valence-corrected chi connectivity index (χ4v) is 2.93. The molecule has 3 N–H and O–H groups in total. The summed E-state index contributed by atoms with van der Waals surface area (Å²) in [6, 6.07) is 7.38. The maximum Gasteiger partial charge on any atom is 0.249 e. The van der Waals surface area contributed by atoms with E-state index in [1.165, 1.54) is 6.20 Å². The van der Waals surface area contributed by atoms with Crippen molar-refractivity contribution < 1.29 is 8.42 Å². The quantitative estimate of drug-likeness (QED) is 0.905. The molecule has 5 nitrogen and oxygen atoms in total. The zero-order valence-electron chi connectivity index (χ0n) is 9.13. The largest absolute Gasteiger partial charge is 0.357 e. The Balaban J connectivity index is 2.08. The van der Waals surface area contributed by atoms with Crippen LogP contribution in [0.2, 0.25) is 5.02 Å². The van der Waals surface area contributed by atoms with Crippen molar-refractivity contribution in [2.45, 2.75) is 10.8 Å². The van der Waals surface area contributed by atoms with Crippen molar-refractivity contribution in [3.8, 4) is 0 Å². The first kappa shape index (κ1) is 13.3. The number of hydrogen-bond acceptors (Lipinski definition) is 5. The van der Waals surface area contributed by atoms with Gasteiger partial charge in [-0.1, -0.05) is 41.1 Å². The van der Waals surface area contributed by atoms with E-state index in [1.54, 1.807) is 6.07 Å². The molecule has 1 aromatic heterocycles. The minimum atomic E-state index is -3.68. The zero-order chi connectivity index (χ0) is 13.2. The van der Waals surface area contributed by atoms with Gasteiger partial charge >= 0.3 is 0 Å². The van der Waals surface area contributed by atoms with Gasteiger partial charge in [0.1, 0.15) is 0 Å². The number of benzene rings is 1. The fraction of sp³-hybridized carbons (Fsp3) is 0.100. The Morgan fingerprint density at radius 3 is 2.72 bits per heavy atom. The third-order valence-corrected chi connectivity index (χ3v) is 4.88. The molecule has 1 aromatic carbocycles. The van der Waals surface area contributed by atoms with Crippen LogP contribution in [0.25, 0.3) is 0 Å². The Morgan fingerprint density at radius 1 is 1.39 bits per heavy atom. The predicted octanol–water partition coefficient (Wildman–Crippen LogP) is 2.06. The highest BCUT2D eigenvalue weighted by molar-refractivity contribution is 7.91. The van der Waals surface area contributed by atoms with Gasteiger partial charge in [0, 0.05) is 11.6 Å². The molecular formula is C10H10ClN3O2S2. The highest BCUT2D eigenvalue weighted by Gasteiger charge is 2.12. The van der Waals surface area contributed by atoms with Gasteiger partial charge in [0.15, 0.2) is 9.34 Å². The molecular weight excluding hydrogens is 294 g/mol. The lowest BCUT2D eigenvalue weighted by Crippen LogP contribution is -2.09. The molecule has 0 fully saturated rings. The number of nitrogens with zero attached hydrogens (tertiary/aromatic N) is 1. The van der Waals surface area contributed by atoms with Crippen molar-refractivity contribution in [2.75, 3.05) is 5.32 Å². The van der Waals surface area contributed by atoms with Gasteiger partial charge in [-0.3, -0.25) is 0 Å². The molecule has 0 aliphatic heterocycles. The molecule has 0 aliphatic carbocycles. The average Bonchev–Trinajstić information content (AvgIpc) is 2.76. The van der Waals surface area contributed by atoms with Crippen molar-refractivity contribution in [1.82, 2.24) is 4.98 Å². The summed E-state index contributed by atoms with van der Waals surface area (Å²) >= 11 is 6.98. The molecule has 18 heavy (non-hydrogen) atoms. The Morgan fingerprint density at radius 2 is 2.11 bits per heavy atom. The van der Waals surface area contributed by atoms with E-state index in [9.17, 15) is 8.42 Å². The van der Waals surface area contributed by atoms with E-state index in [-0.39, 0.29) is 4.21 Å². The maximum absolute atomic E-state index is 11.1. The SMILES string of the molecule is NS(=O)(=O)c1cnc(NCc2ccccc2Cl)s1. The second-order valence-corrected chi connectivity index (χ2v) is 6.70. The zero-order valence-corrected chi connectivity index (χ0v) is 11.5. The number of sulfonamides is 1. The summed E-state index contributed by atoms with van der Waals surface area (Å²) in [4.78, 5) is 3.93. The van der Waals surface area contributed by atoms with Crippen LogP contribution in [-0.2, 0) is 16.6 Å². The minimum absolute atomic E-state index is 0.0316. The molecule has 0 spiro atoms. The van der Waals surface area contributed by atoms with Crippen molar-refractivity contribution in [2.24, 2.45) is 5.14 Å². The number of aromatic nitrogens is 1. The van der Waals surface area contributed by atoms with Gasteiger partial charge in [0.05, 0.1) is 6.20 Å². The number of nitrogens with one attached hydrogen (secondary N) is 1. The number of rotatable bonds is 4. The lowest BCUT2D eigenvalue weighted by atomic mass is 10.2. The van der Waals surface area contributed by atoms with E-state index in [2.05, 4.69) is 10.3 Å². The first-order chi connectivity index (χ1) is 8.47. The minimum Gasteiger partial charge on any atom is -0.357 e. The third-order valence-electron chi connectivity index (χ3n) is 2.15. The highest BCUT2D eigenvalue weighted by Crippen LogP contribution is 2.23. The lowest BCUT2D eigenvalue weighted by Gasteiger charge is -2.04. The van der Waals surface area contributed by atoms with Crippen LogP contribution in [0.4, 0.5) is 5.13 Å². The van der Waals surface area contributed by atoms with E-state index in [0.29, 0.717) is 16.7 Å². The number of nitrogens with two attached hydrogens (primary N) is 1. The van der Waals surface area contributed by atoms with Crippen LogP contribution in [-0.4, -0.2) is 13.4 Å².